The van der Waals surface area contributed by atoms with Gasteiger partial charge in [0.25, 0.3) is 40.1 Å². The van der Waals surface area contributed by atoms with E-state index in [-0.39, 0.29) is 72.1 Å². The van der Waals surface area contributed by atoms with Crippen LogP contribution in [0.4, 0.5) is 68.2 Å². The molecule has 0 aliphatic carbocycles. The monoisotopic (exact) mass is 1780 g/mol. The number of hydrogen-bond acceptors (Lipinski definition) is 24. The minimum atomic E-state index is -3.77. The molecule has 31 nitrogen and oxygen atoms in total. The van der Waals surface area contributed by atoms with E-state index in [2.05, 4.69) is 97.9 Å². The van der Waals surface area contributed by atoms with Crippen molar-refractivity contribution in [1.29, 1.82) is 5.26 Å². The van der Waals surface area contributed by atoms with Crippen molar-refractivity contribution in [2.24, 2.45) is 0 Å². The van der Waals surface area contributed by atoms with Crippen molar-refractivity contribution < 1.29 is 61.6 Å². The summed E-state index contributed by atoms with van der Waals surface area (Å²) in [6, 6.07) is 52.1. The molecule has 1 aliphatic heterocycles. The third-order valence-corrected chi connectivity index (χ3v) is 26.5. The lowest BCUT2D eigenvalue weighted by Crippen LogP contribution is -2.32. The Morgan fingerprint density at radius 2 is 0.926 bits per heavy atom. The number of rotatable bonds is 26. The molecule has 0 atom stereocenters. The van der Waals surface area contributed by atoms with Crippen LogP contribution in [-0.2, 0) is 74.0 Å². The maximum absolute atomic E-state index is 13.5. The first-order valence-corrected chi connectivity index (χ1v) is 45.7. The highest BCUT2D eigenvalue weighted by atomic mass is 32.2. The predicted octanol–water partition coefficient (Wildman–Crippen LogP) is 15.3. The van der Waals surface area contributed by atoms with Crippen LogP contribution < -0.4 is 50.4 Å². The third kappa shape index (κ3) is 23.1. The van der Waals surface area contributed by atoms with Crippen molar-refractivity contribution in [3.8, 4) is 6.07 Å². The fourth-order valence-corrected chi connectivity index (χ4v) is 19.2. The van der Waals surface area contributed by atoms with E-state index in [0.29, 0.717) is 69.5 Å². The number of pyridine rings is 1. The molecule has 16 rings (SSSR count). The number of urea groups is 1. The number of carbonyl (C=O) groups excluding carboxylic acids is 4. The van der Waals surface area contributed by atoms with Gasteiger partial charge in [0.05, 0.1) is 42.4 Å². The van der Waals surface area contributed by atoms with Crippen molar-refractivity contribution in [2.75, 3.05) is 63.5 Å². The summed E-state index contributed by atoms with van der Waals surface area (Å²) in [5, 5.41) is 32.1. The van der Waals surface area contributed by atoms with Gasteiger partial charge in [-0.2, -0.15) is 9.64 Å². The van der Waals surface area contributed by atoms with Crippen LogP contribution >= 0.6 is 45.5 Å². The number of halogens is 2. The van der Waals surface area contributed by atoms with Crippen LogP contribution in [0.15, 0.2) is 273 Å². The van der Waals surface area contributed by atoms with E-state index in [1.165, 1.54) is 132 Å². The summed E-state index contributed by atoms with van der Waals surface area (Å²) in [5.74, 6) is -2.47. The van der Waals surface area contributed by atoms with Gasteiger partial charge in [-0.1, -0.05) is 30.3 Å². The second-order valence-electron chi connectivity index (χ2n) is 26.1. The molecule has 0 spiro atoms. The van der Waals surface area contributed by atoms with Crippen LogP contribution in [0.2, 0.25) is 0 Å². The van der Waals surface area contributed by atoms with E-state index in [0.717, 1.165) is 76.1 Å². The standard InChI is InChI=1S/C21H17N5O3S2.C20H16F2N4O3S2.C20H21N5O3S2.C19H15N5O3S2/c22-14-15-1-6-19-16(13-15)7-10-26(19)11-8-20(27)24-17-2-4-18(5-3-17)31(28,29)25-21-23-9-12-30-21;21-16-11-13-5-8-26(18(13)12-17(16)22)9-6-19(27)24-14-1-3-15(4-2-14)31(28,29)25-20-23-7-10-30-20;26-19(11-13-25-12-3-5-15-4-1-2-6-18(15)25)23-16-7-9-17(10-8-16)30(27,28)24-20-21-14-22-29-20;25-18(23-17-3-1-2-13-12-20-9-8-16(13)17)22-14-4-6-15(7-5-14)29(26,27)24-19-21-10-11-28-19/h1-7,9-10,12-13H,8,11H2,(H,23,25)(H,24,27);1-5,7-8,10-12H,6,9H2,(H,23,25)(H,24,27);1-2,4,6-10,14H,3,5,11-13H2,(H,23,26)(H,21,22,24);1-12H,(H,21,24)(H2,22,23,25). The zero-order chi connectivity index (χ0) is 85.1. The average molecular weight is 1780 g/mol. The van der Waals surface area contributed by atoms with Crippen LogP contribution in [0.1, 0.15) is 36.8 Å². The van der Waals surface area contributed by atoms with Gasteiger partial charge in [-0.15, -0.1) is 34.0 Å². The van der Waals surface area contributed by atoms with Gasteiger partial charge in [0.1, 0.15) is 6.33 Å². The smallest absolute Gasteiger partial charge is 0.323 e. The number of sulfonamides is 4. The van der Waals surface area contributed by atoms with E-state index < -0.39 is 57.8 Å². The Hall–Kier alpha value is -13.5. The Labute approximate surface area is 707 Å². The Bertz CT molecular complexity index is 6690. The Morgan fingerprint density at radius 1 is 0.455 bits per heavy atom. The molecular formula is C80H69F2N19O12S8. The number of hydrogen-bond donors (Lipinski definition) is 9. The number of aryl methyl sites for hydroxylation is 3. The summed E-state index contributed by atoms with van der Waals surface area (Å²) >= 11 is 4.49. The number of nitrogens with zero attached hydrogens (tertiary/aromatic N) is 10. The number of thiazole rings is 3. The highest BCUT2D eigenvalue weighted by Crippen LogP contribution is 2.30. The Balaban J connectivity index is 0.000000139. The van der Waals surface area contributed by atoms with Gasteiger partial charge in [0, 0.05) is 178 Å². The van der Waals surface area contributed by atoms with Crippen molar-refractivity contribution in [1.82, 2.24) is 38.4 Å². The molecule has 0 fully saturated rings. The molecule has 15 aromatic rings. The zero-order valence-electron chi connectivity index (χ0n) is 63.0. The summed E-state index contributed by atoms with van der Waals surface area (Å²) in [7, 11) is -15.0. The molecule has 9 N–H and O–H groups in total. The molecule has 618 valence electrons. The van der Waals surface area contributed by atoms with Gasteiger partial charge >= 0.3 is 6.03 Å². The molecule has 0 saturated carbocycles. The van der Waals surface area contributed by atoms with Gasteiger partial charge in [0.15, 0.2) is 27.0 Å². The summed E-state index contributed by atoms with van der Waals surface area (Å²) in [4.78, 5) is 71.4. The van der Waals surface area contributed by atoms with E-state index >= 15 is 0 Å². The topological polar surface area (TPSA) is 427 Å². The number of amides is 5. The first kappa shape index (κ1) is 85.4. The van der Waals surface area contributed by atoms with E-state index in [1.807, 2.05) is 59.3 Å². The van der Waals surface area contributed by atoms with Crippen LogP contribution in [0.3, 0.4) is 0 Å². The number of carbonyl (C=O) groups is 4. The Morgan fingerprint density at radius 3 is 1.41 bits per heavy atom. The van der Waals surface area contributed by atoms with Crippen molar-refractivity contribution in [3.05, 3.63) is 277 Å². The van der Waals surface area contributed by atoms with Crippen molar-refractivity contribution in [3.63, 3.8) is 0 Å². The summed E-state index contributed by atoms with van der Waals surface area (Å²) in [6.45, 7) is 2.33. The summed E-state index contributed by atoms with van der Waals surface area (Å²) in [6.07, 6.45) is 15.6. The van der Waals surface area contributed by atoms with Crippen LogP contribution in [-0.4, -0.2) is 109 Å². The molecule has 8 heterocycles. The number of para-hydroxylation sites is 1. The molecule has 121 heavy (non-hydrogen) atoms. The predicted molar refractivity (Wildman–Crippen MR) is 465 cm³/mol. The summed E-state index contributed by atoms with van der Waals surface area (Å²) in [5.41, 5.74) is 7.16. The first-order valence-electron chi connectivity index (χ1n) is 36.3. The molecule has 41 heteroatoms. The Kier molecular flexibility index (Phi) is 27.5. The normalized spacial score (nSPS) is 11.9. The second-order valence-corrected chi connectivity index (χ2v) is 36.3. The molecule has 0 radical (unpaired) electrons. The number of fused-ring (bicyclic) bond motifs is 4. The quantitative estimate of drug-likeness (QED) is 0.0243. The van der Waals surface area contributed by atoms with Gasteiger partial charge in [-0.05, 0) is 170 Å². The molecular weight excluding hydrogens is 1710 g/mol. The zero-order valence-corrected chi connectivity index (χ0v) is 69.5. The second kappa shape index (κ2) is 38.9. The number of nitriles is 1. The lowest BCUT2D eigenvalue weighted by Gasteiger charge is -2.31. The molecule has 0 bridgehead atoms. The number of nitrogens with one attached hydrogen (secondary N) is 9. The molecule has 5 amide bonds. The lowest BCUT2D eigenvalue weighted by molar-refractivity contribution is -0.117. The van der Waals surface area contributed by atoms with Crippen LogP contribution in [0.25, 0.3) is 32.6 Å². The van der Waals surface area contributed by atoms with E-state index in [9.17, 15) is 61.6 Å². The minimum Gasteiger partial charge on any atom is -0.371 e. The van der Waals surface area contributed by atoms with Gasteiger partial charge in [-0.3, -0.25) is 38.3 Å². The van der Waals surface area contributed by atoms with Gasteiger partial charge in [-0.25, -0.2) is 67.2 Å². The number of aromatic nitrogens is 8. The number of anilines is 10. The number of benzene rings is 8. The largest absolute Gasteiger partial charge is 0.371 e. The van der Waals surface area contributed by atoms with Gasteiger partial charge < -0.3 is 40.6 Å². The SMILES string of the molecule is N#Cc1ccc2c(ccn2CCC(=O)Nc2ccc(S(=O)(=O)Nc3nccs3)cc2)c1.O=C(CCN1CCCc2ccccc21)Nc1ccc(S(=O)(=O)Nc2ncns2)cc1.O=C(CCn1ccc2cc(F)c(F)cc21)Nc1ccc(S(=O)(=O)Nc2nccs2)cc1.O=C(Nc1ccc(S(=O)(=O)Nc2nccs2)cc1)Nc1cccc2cnccc12. The molecule has 8 aromatic carbocycles. The summed E-state index contributed by atoms with van der Waals surface area (Å²) < 4.78 is 143. The fourth-order valence-electron chi connectivity index (χ4n) is 12.2. The van der Waals surface area contributed by atoms with Crippen LogP contribution in [0, 0.1) is 23.0 Å². The molecule has 0 saturated heterocycles. The molecule has 7 aromatic heterocycles. The first-order chi connectivity index (χ1) is 58.3. The maximum Gasteiger partial charge on any atom is 0.323 e. The minimum absolute atomic E-state index is 0.0359. The molecule has 1 aliphatic rings. The van der Waals surface area contributed by atoms with Crippen molar-refractivity contribution in [2.45, 2.75) is 64.8 Å². The van der Waals surface area contributed by atoms with Gasteiger partial charge in [0.2, 0.25) is 22.9 Å². The average Bonchev–Trinajstić information content (AvgIpc) is 1.74. The van der Waals surface area contributed by atoms with E-state index in [1.54, 1.807) is 81.8 Å². The third-order valence-electron chi connectivity index (χ3n) is 17.9. The fraction of sp³-hybridized carbons (Fsp3) is 0.113. The molecule has 0 unspecified atom stereocenters. The lowest BCUT2D eigenvalue weighted by atomic mass is 10.0. The highest BCUT2D eigenvalue weighted by molar-refractivity contribution is 7.93. The van der Waals surface area contributed by atoms with E-state index in [4.69, 9.17) is 5.26 Å². The van der Waals surface area contributed by atoms with Crippen LogP contribution in [0.5, 0.6) is 0 Å². The maximum atomic E-state index is 13.5. The highest BCUT2D eigenvalue weighted by Gasteiger charge is 2.23. The van der Waals surface area contributed by atoms with Crippen molar-refractivity contribution >= 4 is 197 Å².